The molecule has 2 aromatic carbocycles. The van der Waals surface area contributed by atoms with E-state index in [-0.39, 0.29) is 0 Å². The Labute approximate surface area is 177 Å². The largest absolute Gasteiger partial charge is 0.493 e. The molecule has 0 bridgehead atoms. The smallest absolute Gasteiger partial charge is 0.162 e. The van der Waals surface area contributed by atoms with Gasteiger partial charge in [-0.2, -0.15) is 0 Å². The van der Waals surface area contributed by atoms with Gasteiger partial charge in [0.05, 0.1) is 7.11 Å². The van der Waals surface area contributed by atoms with Crippen LogP contribution in [0.3, 0.4) is 0 Å². The summed E-state index contributed by atoms with van der Waals surface area (Å²) < 4.78 is 18.1. The van der Waals surface area contributed by atoms with Crippen LogP contribution in [0.2, 0.25) is 0 Å². The molecule has 0 heterocycles. The molecule has 0 radical (unpaired) electrons. The van der Waals surface area contributed by atoms with E-state index in [1.54, 1.807) is 7.11 Å². The minimum Gasteiger partial charge on any atom is -0.493 e. The van der Waals surface area contributed by atoms with E-state index < -0.39 is 0 Å². The number of hydrogen-bond donors (Lipinski definition) is 1. The third kappa shape index (κ3) is 7.82. The molecule has 0 atom stereocenters. The predicted octanol–water partition coefficient (Wildman–Crippen LogP) is 5.64. The predicted molar refractivity (Wildman–Crippen MR) is 118 cm³/mol. The minimum absolute atomic E-state index is 0.514. The zero-order valence-electron chi connectivity index (χ0n) is 17.2. The fourth-order valence-corrected chi connectivity index (χ4v) is 3.28. The van der Waals surface area contributed by atoms with Crippen LogP contribution in [0.25, 0.3) is 0 Å². The molecule has 1 N–H and O–H groups in total. The third-order valence-corrected chi connectivity index (χ3v) is 5.15. The molecule has 0 aromatic heterocycles. The summed E-state index contributed by atoms with van der Waals surface area (Å²) in [4.78, 5) is 0. The van der Waals surface area contributed by atoms with Gasteiger partial charge in [-0.15, -0.1) is 0 Å². The lowest BCUT2D eigenvalue weighted by Gasteiger charge is -2.15. The van der Waals surface area contributed by atoms with E-state index in [1.165, 1.54) is 12.0 Å². The van der Waals surface area contributed by atoms with E-state index in [0.29, 0.717) is 6.61 Å². The highest BCUT2D eigenvalue weighted by Crippen LogP contribution is 2.34. The van der Waals surface area contributed by atoms with Crippen molar-refractivity contribution in [2.45, 2.75) is 46.3 Å². The lowest BCUT2D eigenvalue weighted by Crippen LogP contribution is -2.17. The van der Waals surface area contributed by atoms with Crippen LogP contribution in [0.1, 0.15) is 42.9 Å². The van der Waals surface area contributed by atoms with Gasteiger partial charge in [0.25, 0.3) is 0 Å². The molecule has 154 valence electrons. The fraction of sp³-hybridized carbons (Fsp3) is 0.478. The van der Waals surface area contributed by atoms with Crippen LogP contribution in [0.4, 0.5) is 0 Å². The maximum atomic E-state index is 6.00. The van der Waals surface area contributed by atoms with Crippen LogP contribution >= 0.6 is 15.9 Å². The van der Waals surface area contributed by atoms with Crippen LogP contribution < -0.4 is 14.8 Å². The highest BCUT2D eigenvalue weighted by atomic mass is 79.9. The summed E-state index contributed by atoms with van der Waals surface area (Å²) in [6.45, 7) is 8.14. The summed E-state index contributed by atoms with van der Waals surface area (Å²) in [5, 5.41) is 3.46. The summed E-state index contributed by atoms with van der Waals surface area (Å²) in [7, 11) is 1.67. The Morgan fingerprint density at radius 2 is 1.86 bits per heavy atom. The maximum Gasteiger partial charge on any atom is 0.162 e. The van der Waals surface area contributed by atoms with Crippen LogP contribution in [-0.2, 0) is 17.9 Å². The Hall–Kier alpha value is -1.56. The topological polar surface area (TPSA) is 39.7 Å². The summed E-state index contributed by atoms with van der Waals surface area (Å²) in [6, 6.07) is 12.3. The average molecular weight is 450 g/mol. The Balaban J connectivity index is 1.84. The first kappa shape index (κ1) is 22.7. The Bertz CT molecular complexity index is 721. The molecule has 2 rings (SSSR count). The molecule has 5 heteroatoms. The van der Waals surface area contributed by atoms with Crippen molar-refractivity contribution in [3.05, 3.63) is 57.6 Å². The first-order valence-electron chi connectivity index (χ1n) is 9.97. The number of rotatable bonds is 13. The van der Waals surface area contributed by atoms with Gasteiger partial charge >= 0.3 is 0 Å². The van der Waals surface area contributed by atoms with Crippen molar-refractivity contribution in [2.24, 2.45) is 0 Å². The maximum absolute atomic E-state index is 6.00. The van der Waals surface area contributed by atoms with Crippen molar-refractivity contribution in [3.63, 3.8) is 0 Å². The first-order valence-corrected chi connectivity index (χ1v) is 10.8. The van der Waals surface area contributed by atoms with Crippen LogP contribution in [-0.4, -0.2) is 26.9 Å². The highest BCUT2D eigenvalue weighted by Gasteiger charge is 2.11. The van der Waals surface area contributed by atoms with Gasteiger partial charge < -0.3 is 19.5 Å². The normalized spacial score (nSPS) is 10.9. The summed E-state index contributed by atoms with van der Waals surface area (Å²) in [5.41, 5.74) is 3.52. The van der Waals surface area contributed by atoms with E-state index in [4.69, 9.17) is 14.2 Å². The van der Waals surface area contributed by atoms with E-state index in [0.717, 1.165) is 66.2 Å². The number of benzene rings is 2. The van der Waals surface area contributed by atoms with Gasteiger partial charge in [-0.25, -0.2) is 0 Å². The van der Waals surface area contributed by atoms with Crippen molar-refractivity contribution in [1.29, 1.82) is 0 Å². The van der Waals surface area contributed by atoms with Crippen molar-refractivity contribution in [3.8, 4) is 11.5 Å². The van der Waals surface area contributed by atoms with Crippen molar-refractivity contribution < 1.29 is 14.2 Å². The molecule has 0 saturated heterocycles. The Morgan fingerprint density at radius 3 is 2.61 bits per heavy atom. The van der Waals surface area contributed by atoms with Gasteiger partial charge in [0.2, 0.25) is 0 Å². The van der Waals surface area contributed by atoms with Gasteiger partial charge in [-0.1, -0.05) is 59.1 Å². The molecule has 0 saturated carbocycles. The molecule has 4 nitrogen and oxygen atoms in total. The lowest BCUT2D eigenvalue weighted by atomic mass is 10.1. The summed E-state index contributed by atoms with van der Waals surface area (Å²) >= 11 is 3.66. The first-order chi connectivity index (χ1) is 13.6. The van der Waals surface area contributed by atoms with Gasteiger partial charge in [-0.05, 0) is 49.6 Å². The molecule has 0 fully saturated rings. The molecule has 2 aromatic rings. The monoisotopic (exact) mass is 449 g/mol. The van der Waals surface area contributed by atoms with Crippen LogP contribution in [0.15, 0.2) is 40.9 Å². The van der Waals surface area contributed by atoms with Gasteiger partial charge in [0.15, 0.2) is 11.5 Å². The number of ether oxygens (including phenoxy) is 3. The van der Waals surface area contributed by atoms with Gasteiger partial charge in [0.1, 0.15) is 6.61 Å². The van der Waals surface area contributed by atoms with E-state index in [9.17, 15) is 0 Å². The zero-order chi connectivity index (χ0) is 20.2. The molecule has 0 aliphatic rings. The summed E-state index contributed by atoms with van der Waals surface area (Å²) in [6.07, 6.45) is 3.33. The van der Waals surface area contributed by atoms with Crippen LogP contribution in [0.5, 0.6) is 11.5 Å². The molecule has 0 amide bonds. The molecular weight excluding hydrogens is 418 g/mol. The minimum atomic E-state index is 0.514. The zero-order valence-corrected chi connectivity index (χ0v) is 18.8. The fourth-order valence-electron chi connectivity index (χ4n) is 2.82. The molecule has 0 aliphatic carbocycles. The van der Waals surface area contributed by atoms with E-state index >= 15 is 0 Å². The van der Waals surface area contributed by atoms with Gasteiger partial charge in [-0.3, -0.25) is 0 Å². The molecule has 28 heavy (non-hydrogen) atoms. The number of unbranched alkanes of at least 4 members (excludes halogenated alkanes) is 1. The SMILES string of the molecule is CCCCOCCCNCc1cc(OC)c(OCc2cccc(C)c2)cc1Br. The van der Waals surface area contributed by atoms with E-state index in [2.05, 4.69) is 53.3 Å². The van der Waals surface area contributed by atoms with Crippen LogP contribution in [0, 0.1) is 6.92 Å². The number of hydrogen-bond acceptors (Lipinski definition) is 4. The number of methoxy groups -OCH3 is 1. The van der Waals surface area contributed by atoms with Crippen molar-refractivity contribution in [2.75, 3.05) is 26.9 Å². The standard InChI is InChI=1S/C23H32BrNO3/c1-4-5-11-27-12-7-10-25-16-20-14-22(26-3)23(15-21(20)24)28-17-19-9-6-8-18(2)13-19/h6,8-9,13-15,25H,4-5,7,10-12,16-17H2,1-3H3. The second-order valence-electron chi connectivity index (χ2n) is 6.87. The Morgan fingerprint density at radius 1 is 1.04 bits per heavy atom. The number of aryl methyl sites for hydroxylation is 1. The molecular formula is C23H32BrNO3. The average Bonchev–Trinajstić information content (AvgIpc) is 2.69. The van der Waals surface area contributed by atoms with Crippen molar-refractivity contribution in [1.82, 2.24) is 5.32 Å². The molecule has 0 unspecified atom stereocenters. The third-order valence-electron chi connectivity index (χ3n) is 4.41. The lowest BCUT2D eigenvalue weighted by molar-refractivity contribution is 0.128. The summed E-state index contributed by atoms with van der Waals surface area (Å²) in [5.74, 6) is 1.49. The molecule has 0 aliphatic heterocycles. The van der Waals surface area contributed by atoms with E-state index in [1.807, 2.05) is 18.2 Å². The molecule has 0 spiro atoms. The van der Waals surface area contributed by atoms with Gasteiger partial charge in [0, 0.05) is 24.2 Å². The second-order valence-corrected chi connectivity index (χ2v) is 7.72. The number of nitrogens with one attached hydrogen (secondary N) is 1. The van der Waals surface area contributed by atoms with Crippen molar-refractivity contribution >= 4 is 15.9 Å². The second kappa shape index (κ2) is 12.8. The quantitative estimate of drug-likeness (QED) is 0.401. The highest BCUT2D eigenvalue weighted by molar-refractivity contribution is 9.10. The number of halogens is 1. The Kier molecular flexibility index (Phi) is 10.4.